The molecule has 0 aliphatic heterocycles. The monoisotopic (exact) mass is 489 g/mol. The molecule has 0 aliphatic carbocycles. The van der Waals surface area contributed by atoms with Crippen LogP contribution in [0.4, 0.5) is 0 Å². The number of thioether (sulfide) groups is 1. The summed E-state index contributed by atoms with van der Waals surface area (Å²) in [5.41, 5.74) is 4.78. The molecule has 0 atom stereocenters. The molecule has 1 aromatic heterocycles. The average Bonchev–Trinajstić information content (AvgIpc) is 3.18. The Bertz CT molecular complexity index is 1050. The first kappa shape index (κ1) is 21.8. The number of benzene rings is 2. The van der Waals surface area contributed by atoms with Crippen molar-refractivity contribution in [3.63, 3.8) is 0 Å². The average molecular weight is 490 g/mol. The Morgan fingerprint density at radius 1 is 1.20 bits per heavy atom. The van der Waals surface area contributed by atoms with E-state index in [2.05, 4.69) is 36.7 Å². The van der Waals surface area contributed by atoms with Crippen LogP contribution >= 0.6 is 27.7 Å². The van der Waals surface area contributed by atoms with Gasteiger partial charge in [-0.05, 0) is 45.8 Å². The number of ether oxygens (including phenoxy) is 2. The van der Waals surface area contributed by atoms with E-state index in [1.54, 1.807) is 56.6 Å². The maximum atomic E-state index is 12.4. The summed E-state index contributed by atoms with van der Waals surface area (Å²) in [5.74, 6) is 1.66. The molecule has 3 aromatic rings. The van der Waals surface area contributed by atoms with E-state index in [4.69, 9.17) is 9.47 Å². The molecule has 0 spiro atoms. The van der Waals surface area contributed by atoms with Crippen LogP contribution in [0.15, 0.2) is 57.5 Å². The topological polar surface area (TPSA) is 90.6 Å². The first-order chi connectivity index (χ1) is 14.5. The standard InChI is InChI=1S/C20H20BrN5O3S/c1-26-12-23-25-20(26)30-11-13-4-6-14(7-5-13)19(27)24-22-10-15-16(28-2)8-9-17(29-3)18(15)21/h4-10,12H,11H2,1-3H3,(H,24,27)/b22-10+. The molecule has 0 fully saturated rings. The predicted molar refractivity (Wildman–Crippen MR) is 119 cm³/mol. The van der Waals surface area contributed by atoms with Crippen LogP contribution in [0.5, 0.6) is 11.5 Å². The number of carbonyl (C=O) groups excluding carboxylic acids is 1. The number of carbonyl (C=O) groups is 1. The van der Waals surface area contributed by atoms with E-state index in [9.17, 15) is 4.79 Å². The van der Waals surface area contributed by atoms with E-state index in [0.717, 1.165) is 16.5 Å². The number of methoxy groups -OCH3 is 2. The van der Waals surface area contributed by atoms with Gasteiger partial charge in [-0.2, -0.15) is 5.10 Å². The number of rotatable bonds is 8. The molecule has 0 radical (unpaired) electrons. The zero-order valence-corrected chi connectivity index (χ0v) is 19.0. The second-order valence-corrected chi connectivity index (χ2v) is 7.84. The summed E-state index contributed by atoms with van der Waals surface area (Å²) in [4.78, 5) is 12.4. The van der Waals surface area contributed by atoms with Gasteiger partial charge in [0.2, 0.25) is 0 Å². The highest BCUT2D eigenvalue weighted by atomic mass is 79.9. The third kappa shape index (κ3) is 5.19. The predicted octanol–water partition coefficient (Wildman–Crippen LogP) is 3.65. The lowest BCUT2D eigenvalue weighted by molar-refractivity contribution is 0.0955. The van der Waals surface area contributed by atoms with Gasteiger partial charge in [-0.15, -0.1) is 10.2 Å². The zero-order valence-electron chi connectivity index (χ0n) is 16.6. The first-order valence-electron chi connectivity index (χ1n) is 8.83. The SMILES string of the molecule is COc1ccc(OC)c(/C=N/NC(=O)c2ccc(CSc3nncn3C)cc2)c1Br. The number of aromatic nitrogens is 3. The highest BCUT2D eigenvalue weighted by Crippen LogP contribution is 2.33. The molecule has 10 heteroatoms. The summed E-state index contributed by atoms with van der Waals surface area (Å²) in [6, 6.07) is 10.9. The summed E-state index contributed by atoms with van der Waals surface area (Å²) >= 11 is 5.04. The number of amides is 1. The third-order valence-electron chi connectivity index (χ3n) is 4.16. The molecule has 3 rings (SSSR count). The number of hydrogen-bond donors (Lipinski definition) is 1. The summed E-state index contributed by atoms with van der Waals surface area (Å²) in [5, 5.41) is 12.8. The molecule has 30 heavy (non-hydrogen) atoms. The Labute approximate surface area is 186 Å². The lowest BCUT2D eigenvalue weighted by Crippen LogP contribution is -2.17. The molecule has 2 aromatic carbocycles. The molecule has 8 nitrogen and oxygen atoms in total. The van der Waals surface area contributed by atoms with Gasteiger partial charge in [0.1, 0.15) is 17.8 Å². The van der Waals surface area contributed by atoms with Crippen LogP contribution in [-0.2, 0) is 12.8 Å². The van der Waals surface area contributed by atoms with Crippen LogP contribution in [0, 0.1) is 0 Å². The highest BCUT2D eigenvalue weighted by molar-refractivity contribution is 9.10. The second-order valence-electron chi connectivity index (χ2n) is 6.11. The van der Waals surface area contributed by atoms with Gasteiger partial charge in [-0.1, -0.05) is 23.9 Å². The second kappa shape index (κ2) is 10.3. The lowest BCUT2D eigenvalue weighted by atomic mass is 10.1. The van der Waals surface area contributed by atoms with Crippen LogP contribution in [0.3, 0.4) is 0 Å². The number of halogens is 1. The molecule has 1 heterocycles. The number of aryl methyl sites for hydroxylation is 1. The number of nitrogens with one attached hydrogen (secondary N) is 1. The van der Waals surface area contributed by atoms with E-state index in [1.807, 2.05) is 23.7 Å². The fraction of sp³-hybridized carbons (Fsp3) is 0.200. The Morgan fingerprint density at radius 3 is 2.53 bits per heavy atom. The minimum absolute atomic E-state index is 0.309. The van der Waals surface area contributed by atoms with Crippen LogP contribution in [0.25, 0.3) is 0 Å². The summed E-state index contributed by atoms with van der Waals surface area (Å²) in [6.07, 6.45) is 3.17. The van der Waals surface area contributed by atoms with Crippen molar-refractivity contribution < 1.29 is 14.3 Å². The fourth-order valence-electron chi connectivity index (χ4n) is 2.53. The summed E-state index contributed by atoms with van der Waals surface area (Å²) in [7, 11) is 5.04. The normalized spacial score (nSPS) is 10.9. The molecular formula is C20H20BrN5O3S. The van der Waals surface area contributed by atoms with Crippen molar-refractivity contribution in [2.24, 2.45) is 12.1 Å². The van der Waals surface area contributed by atoms with Gasteiger partial charge < -0.3 is 14.0 Å². The van der Waals surface area contributed by atoms with Crippen LogP contribution in [0.1, 0.15) is 21.5 Å². The van der Waals surface area contributed by atoms with Gasteiger partial charge >= 0.3 is 0 Å². The molecular weight excluding hydrogens is 470 g/mol. The van der Waals surface area contributed by atoms with E-state index in [1.165, 1.54) is 6.21 Å². The molecule has 0 saturated carbocycles. The number of hydrogen-bond acceptors (Lipinski definition) is 7. The van der Waals surface area contributed by atoms with Crippen molar-refractivity contribution in [3.05, 3.63) is 63.9 Å². The Balaban J connectivity index is 1.62. The smallest absolute Gasteiger partial charge is 0.271 e. The molecule has 0 aliphatic rings. The highest BCUT2D eigenvalue weighted by Gasteiger charge is 2.11. The molecule has 0 bridgehead atoms. The van der Waals surface area contributed by atoms with Gasteiger partial charge in [0, 0.05) is 18.4 Å². The number of nitrogens with zero attached hydrogens (tertiary/aromatic N) is 4. The van der Waals surface area contributed by atoms with Crippen molar-refractivity contribution in [3.8, 4) is 11.5 Å². The van der Waals surface area contributed by atoms with Gasteiger partial charge in [0.15, 0.2) is 5.16 Å². The third-order valence-corrected chi connectivity index (χ3v) is 6.08. The molecule has 0 saturated heterocycles. The molecule has 156 valence electrons. The van der Waals surface area contributed by atoms with Crippen LogP contribution in [0.2, 0.25) is 0 Å². The Kier molecular flexibility index (Phi) is 7.47. The maximum absolute atomic E-state index is 12.4. The minimum atomic E-state index is -0.309. The van der Waals surface area contributed by atoms with E-state index < -0.39 is 0 Å². The minimum Gasteiger partial charge on any atom is -0.496 e. The fourth-order valence-corrected chi connectivity index (χ4v) is 3.97. The van der Waals surface area contributed by atoms with Crippen molar-refractivity contribution in [1.82, 2.24) is 20.2 Å². The van der Waals surface area contributed by atoms with Gasteiger partial charge in [-0.3, -0.25) is 4.79 Å². The van der Waals surface area contributed by atoms with Gasteiger partial charge in [0.05, 0.1) is 30.5 Å². The van der Waals surface area contributed by atoms with E-state index in [-0.39, 0.29) is 5.91 Å². The molecule has 1 amide bonds. The molecule has 1 N–H and O–H groups in total. The quantitative estimate of drug-likeness (QED) is 0.295. The maximum Gasteiger partial charge on any atom is 0.271 e. The van der Waals surface area contributed by atoms with Crippen molar-refractivity contribution in [1.29, 1.82) is 0 Å². The van der Waals surface area contributed by atoms with E-state index >= 15 is 0 Å². The van der Waals surface area contributed by atoms with Crippen LogP contribution in [-0.4, -0.2) is 41.1 Å². The Hall–Kier alpha value is -2.85. The van der Waals surface area contributed by atoms with Gasteiger partial charge in [-0.25, -0.2) is 5.43 Å². The zero-order chi connectivity index (χ0) is 21.5. The van der Waals surface area contributed by atoms with Crippen LogP contribution < -0.4 is 14.9 Å². The summed E-state index contributed by atoms with van der Waals surface area (Å²) < 4.78 is 13.2. The lowest BCUT2D eigenvalue weighted by Gasteiger charge is -2.10. The number of hydrazone groups is 1. The molecule has 0 unspecified atom stereocenters. The Morgan fingerprint density at radius 2 is 1.90 bits per heavy atom. The van der Waals surface area contributed by atoms with Crippen molar-refractivity contribution in [2.45, 2.75) is 10.9 Å². The van der Waals surface area contributed by atoms with Gasteiger partial charge in [0.25, 0.3) is 5.91 Å². The summed E-state index contributed by atoms with van der Waals surface area (Å²) in [6.45, 7) is 0. The first-order valence-corrected chi connectivity index (χ1v) is 10.6. The van der Waals surface area contributed by atoms with Crippen molar-refractivity contribution in [2.75, 3.05) is 14.2 Å². The van der Waals surface area contributed by atoms with Crippen molar-refractivity contribution >= 4 is 39.8 Å². The largest absolute Gasteiger partial charge is 0.496 e. The van der Waals surface area contributed by atoms with E-state index in [0.29, 0.717) is 27.1 Å².